The molecule has 0 atom stereocenters. The maximum atomic E-state index is 11.6. The van der Waals surface area contributed by atoms with E-state index in [-0.39, 0.29) is 12.1 Å². The Morgan fingerprint density at radius 3 is 2.94 bits per heavy atom. The molecule has 0 bridgehead atoms. The molecule has 0 aliphatic rings. The van der Waals surface area contributed by atoms with Gasteiger partial charge >= 0.3 is 0 Å². The van der Waals surface area contributed by atoms with Gasteiger partial charge in [0.05, 0.1) is 11.6 Å². The summed E-state index contributed by atoms with van der Waals surface area (Å²) in [4.78, 5) is 25.8. The van der Waals surface area contributed by atoms with Crippen LogP contribution in [0.3, 0.4) is 0 Å². The third-order valence-corrected chi connectivity index (χ3v) is 2.50. The summed E-state index contributed by atoms with van der Waals surface area (Å²) in [5, 5.41) is 2.80. The predicted molar refractivity (Wildman–Crippen MR) is 67.2 cm³/mol. The van der Waals surface area contributed by atoms with Crippen LogP contribution in [-0.4, -0.2) is 17.4 Å². The number of nitrogens with one attached hydrogen (secondary N) is 2. The van der Waals surface area contributed by atoms with Crippen molar-refractivity contribution in [2.24, 2.45) is 0 Å². The van der Waals surface area contributed by atoms with E-state index in [1.807, 2.05) is 6.92 Å². The Kier molecular flexibility index (Phi) is 4.80. The quantitative estimate of drug-likeness (QED) is 0.795. The van der Waals surface area contributed by atoms with Crippen LogP contribution in [0.2, 0.25) is 5.02 Å². The minimum atomic E-state index is -0.519. The van der Waals surface area contributed by atoms with E-state index in [9.17, 15) is 9.59 Å². The average molecular weight is 253 g/mol. The highest BCUT2D eigenvalue weighted by Crippen LogP contribution is 2.14. The molecule has 5 heteroatoms. The molecule has 0 saturated carbocycles. The fourth-order valence-electron chi connectivity index (χ4n) is 1.37. The molecule has 1 aromatic heterocycles. The number of rotatable bonds is 4. The Morgan fingerprint density at radius 2 is 2.35 bits per heavy atom. The van der Waals surface area contributed by atoms with E-state index in [0.29, 0.717) is 17.1 Å². The number of halogens is 1. The molecule has 0 unspecified atom stereocenters. The minimum Gasteiger partial charge on any atom is -0.341 e. The normalized spacial score (nSPS) is 9.71. The molecular weight excluding hydrogens is 240 g/mol. The fraction of sp³-hybridized carbons (Fsp3) is 0.333. The molecule has 1 rings (SSSR count). The predicted octanol–water partition coefficient (Wildman–Crippen LogP) is 1.34. The van der Waals surface area contributed by atoms with E-state index in [0.717, 1.165) is 6.42 Å². The summed E-state index contributed by atoms with van der Waals surface area (Å²) < 4.78 is 0. The first kappa shape index (κ1) is 13.3. The lowest BCUT2D eigenvalue weighted by Gasteiger charge is -2.05. The largest absolute Gasteiger partial charge is 0.341 e. The van der Waals surface area contributed by atoms with Gasteiger partial charge < -0.3 is 10.3 Å². The number of aryl methyl sites for hydroxylation is 1. The number of hydrogen-bond acceptors (Lipinski definition) is 2. The highest BCUT2D eigenvalue weighted by molar-refractivity contribution is 6.31. The van der Waals surface area contributed by atoms with E-state index in [2.05, 4.69) is 16.2 Å². The fourth-order valence-corrected chi connectivity index (χ4v) is 1.62. The van der Waals surface area contributed by atoms with Crippen LogP contribution in [0.5, 0.6) is 0 Å². The molecule has 1 aromatic rings. The Morgan fingerprint density at radius 1 is 1.65 bits per heavy atom. The van der Waals surface area contributed by atoms with E-state index in [1.54, 1.807) is 0 Å². The molecule has 0 fully saturated rings. The van der Waals surface area contributed by atoms with Gasteiger partial charge in [0, 0.05) is 5.69 Å². The molecule has 0 aliphatic carbocycles. The second-order valence-electron chi connectivity index (χ2n) is 3.48. The summed E-state index contributed by atoms with van der Waals surface area (Å²) in [7, 11) is 0. The first-order chi connectivity index (χ1) is 8.10. The molecule has 0 radical (unpaired) electrons. The topological polar surface area (TPSA) is 62.0 Å². The van der Waals surface area contributed by atoms with Crippen LogP contribution in [-0.2, 0) is 6.42 Å². The third-order valence-electron chi connectivity index (χ3n) is 2.16. The SMILES string of the molecule is C#CCNC(=O)c1cc(Cl)c(CCC)[nH]c1=O. The molecule has 1 heterocycles. The maximum absolute atomic E-state index is 11.6. The van der Waals surface area contributed by atoms with Crippen molar-refractivity contribution in [2.45, 2.75) is 19.8 Å². The zero-order valence-corrected chi connectivity index (χ0v) is 10.2. The molecule has 1 amide bonds. The zero-order valence-electron chi connectivity index (χ0n) is 9.47. The number of carbonyl (C=O) groups is 1. The second-order valence-corrected chi connectivity index (χ2v) is 3.88. The number of terminal acetylenes is 1. The zero-order chi connectivity index (χ0) is 12.8. The Balaban J connectivity index is 3.04. The number of pyridine rings is 1. The van der Waals surface area contributed by atoms with Gasteiger partial charge in [0.2, 0.25) is 0 Å². The van der Waals surface area contributed by atoms with Crippen LogP contribution in [0.1, 0.15) is 29.4 Å². The smallest absolute Gasteiger partial charge is 0.261 e. The van der Waals surface area contributed by atoms with Crippen molar-refractivity contribution >= 4 is 17.5 Å². The van der Waals surface area contributed by atoms with Crippen molar-refractivity contribution in [2.75, 3.05) is 6.54 Å². The minimum absolute atomic E-state index is 0.0231. The molecule has 0 aromatic carbocycles. The monoisotopic (exact) mass is 252 g/mol. The number of amides is 1. The number of aromatic amines is 1. The van der Waals surface area contributed by atoms with Crippen molar-refractivity contribution in [3.63, 3.8) is 0 Å². The van der Waals surface area contributed by atoms with Gasteiger partial charge in [-0.15, -0.1) is 6.42 Å². The standard InChI is InChI=1S/C12H13ClN2O2/c1-3-5-10-9(13)7-8(12(17)15-10)11(16)14-6-4-2/h2,7H,3,5-6H2,1H3,(H,14,16)(H,15,17). The van der Waals surface area contributed by atoms with E-state index in [4.69, 9.17) is 18.0 Å². The average Bonchev–Trinajstić information content (AvgIpc) is 2.30. The number of aromatic nitrogens is 1. The first-order valence-corrected chi connectivity index (χ1v) is 5.61. The summed E-state index contributed by atoms with van der Waals surface area (Å²) in [6.45, 7) is 2.05. The van der Waals surface area contributed by atoms with Gasteiger partial charge in [0.15, 0.2) is 0 Å². The highest BCUT2D eigenvalue weighted by atomic mass is 35.5. The van der Waals surface area contributed by atoms with Crippen molar-refractivity contribution in [3.05, 3.63) is 32.7 Å². The highest BCUT2D eigenvalue weighted by Gasteiger charge is 2.12. The van der Waals surface area contributed by atoms with E-state index >= 15 is 0 Å². The first-order valence-electron chi connectivity index (χ1n) is 5.23. The Hall–Kier alpha value is -1.73. The van der Waals surface area contributed by atoms with Crippen LogP contribution in [0.15, 0.2) is 10.9 Å². The lowest BCUT2D eigenvalue weighted by atomic mass is 10.2. The number of carbonyl (C=O) groups excluding carboxylic acids is 1. The van der Waals surface area contributed by atoms with Gasteiger partial charge in [-0.1, -0.05) is 30.9 Å². The van der Waals surface area contributed by atoms with E-state index in [1.165, 1.54) is 6.07 Å². The summed E-state index contributed by atoms with van der Waals surface area (Å²) in [5.74, 6) is 1.74. The van der Waals surface area contributed by atoms with Gasteiger partial charge in [-0.25, -0.2) is 0 Å². The van der Waals surface area contributed by atoms with Crippen molar-refractivity contribution < 1.29 is 4.79 Å². The molecule has 4 nitrogen and oxygen atoms in total. The molecule has 0 aliphatic heterocycles. The maximum Gasteiger partial charge on any atom is 0.261 e. The van der Waals surface area contributed by atoms with Gasteiger partial charge in [-0.3, -0.25) is 9.59 Å². The van der Waals surface area contributed by atoms with Crippen LogP contribution >= 0.6 is 11.6 Å². The van der Waals surface area contributed by atoms with Gasteiger partial charge in [0.25, 0.3) is 11.5 Å². The molecule has 17 heavy (non-hydrogen) atoms. The Labute approximate surface area is 104 Å². The summed E-state index contributed by atoms with van der Waals surface area (Å²) in [5.41, 5.74) is 0.171. The summed E-state index contributed by atoms with van der Waals surface area (Å²) in [6.07, 6.45) is 6.54. The summed E-state index contributed by atoms with van der Waals surface area (Å²) in [6, 6.07) is 1.37. The third kappa shape index (κ3) is 3.36. The van der Waals surface area contributed by atoms with Crippen LogP contribution in [0.4, 0.5) is 0 Å². The molecule has 0 spiro atoms. The molecule has 2 N–H and O–H groups in total. The molecule has 90 valence electrons. The van der Waals surface area contributed by atoms with Crippen LogP contribution in [0.25, 0.3) is 0 Å². The van der Waals surface area contributed by atoms with Crippen molar-refractivity contribution in [1.82, 2.24) is 10.3 Å². The molecular formula is C12H13ClN2O2. The molecule has 0 saturated heterocycles. The van der Waals surface area contributed by atoms with Gasteiger partial charge in [0.1, 0.15) is 5.56 Å². The van der Waals surface area contributed by atoms with Crippen LogP contribution < -0.4 is 10.9 Å². The van der Waals surface area contributed by atoms with E-state index < -0.39 is 11.5 Å². The lowest BCUT2D eigenvalue weighted by Crippen LogP contribution is -2.30. The number of H-pyrrole nitrogens is 1. The van der Waals surface area contributed by atoms with Crippen LogP contribution in [0, 0.1) is 12.3 Å². The van der Waals surface area contributed by atoms with Gasteiger partial charge in [-0.05, 0) is 12.5 Å². The summed E-state index contributed by atoms with van der Waals surface area (Å²) >= 11 is 5.97. The number of hydrogen-bond donors (Lipinski definition) is 2. The lowest BCUT2D eigenvalue weighted by molar-refractivity contribution is 0.0957. The van der Waals surface area contributed by atoms with Crippen molar-refractivity contribution in [1.29, 1.82) is 0 Å². The Bertz CT molecular complexity index is 514. The van der Waals surface area contributed by atoms with Crippen molar-refractivity contribution in [3.8, 4) is 12.3 Å². The van der Waals surface area contributed by atoms with Gasteiger partial charge in [-0.2, -0.15) is 0 Å². The second kappa shape index (κ2) is 6.12.